The van der Waals surface area contributed by atoms with E-state index in [2.05, 4.69) is 32.9 Å². The van der Waals surface area contributed by atoms with Crippen LogP contribution >= 0.6 is 22.6 Å². The topological polar surface area (TPSA) is 62.0 Å². The number of aromatic nitrogens is 1. The van der Waals surface area contributed by atoms with Gasteiger partial charge in [-0.3, -0.25) is 9.59 Å². The van der Waals surface area contributed by atoms with Crippen LogP contribution in [0.2, 0.25) is 0 Å². The number of hydrogen-bond acceptors (Lipinski definition) is 2. The van der Waals surface area contributed by atoms with Crippen molar-refractivity contribution in [2.75, 3.05) is 6.54 Å². The van der Waals surface area contributed by atoms with Gasteiger partial charge in [0.25, 0.3) is 11.5 Å². The highest BCUT2D eigenvalue weighted by Gasteiger charge is 2.12. The highest BCUT2D eigenvalue weighted by atomic mass is 127. The van der Waals surface area contributed by atoms with E-state index in [4.69, 9.17) is 0 Å². The Kier molecular flexibility index (Phi) is 4.52. The first-order valence-electron chi connectivity index (χ1n) is 5.09. The van der Waals surface area contributed by atoms with E-state index < -0.39 is 0 Å². The predicted molar refractivity (Wildman–Crippen MR) is 71.7 cm³/mol. The van der Waals surface area contributed by atoms with E-state index in [-0.39, 0.29) is 17.0 Å². The lowest BCUT2D eigenvalue weighted by atomic mass is 10.2. The summed E-state index contributed by atoms with van der Waals surface area (Å²) < 4.78 is 0.881. The fourth-order valence-electron chi connectivity index (χ4n) is 1.16. The average Bonchev–Trinajstić information content (AvgIpc) is 2.20. The third-order valence-electron chi connectivity index (χ3n) is 2.09. The molecule has 5 heteroatoms. The van der Waals surface area contributed by atoms with Crippen LogP contribution in [-0.2, 0) is 0 Å². The summed E-state index contributed by atoms with van der Waals surface area (Å²) in [4.78, 5) is 25.9. The first kappa shape index (κ1) is 13.2. The molecule has 1 heterocycles. The van der Waals surface area contributed by atoms with Crippen molar-refractivity contribution < 1.29 is 4.79 Å². The second-order valence-electron chi connectivity index (χ2n) is 4.09. The number of carbonyl (C=O) groups is 1. The van der Waals surface area contributed by atoms with E-state index in [1.165, 1.54) is 0 Å². The van der Waals surface area contributed by atoms with E-state index >= 15 is 0 Å². The third-order valence-corrected chi connectivity index (χ3v) is 3.21. The predicted octanol–water partition coefficient (Wildman–Crippen LogP) is 1.67. The Morgan fingerprint density at radius 3 is 2.75 bits per heavy atom. The molecule has 0 saturated carbocycles. The minimum atomic E-state index is -0.334. The molecule has 0 aliphatic heterocycles. The van der Waals surface area contributed by atoms with Gasteiger partial charge in [-0.05, 0) is 41.5 Å². The summed E-state index contributed by atoms with van der Waals surface area (Å²) in [7, 11) is 0. The van der Waals surface area contributed by atoms with Crippen molar-refractivity contribution in [3.8, 4) is 0 Å². The van der Waals surface area contributed by atoms with Crippen LogP contribution in [0.3, 0.4) is 0 Å². The molecule has 1 aromatic heterocycles. The molecule has 0 saturated heterocycles. The molecule has 0 unspecified atom stereocenters. The Morgan fingerprint density at radius 1 is 1.56 bits per heavy atom. The summed E-state index contributed by atoms with van der Waals surface area (Å²) in [6, 6.07) is 1.62. The number of carbonyl (C=O) groups excluding carboxylic acids is 1. The van der Waals surface area contributed by atoms with Crippen LogP contribution in [0.5, 0.6) is 0 Å². The molecule has 1 amide bonds. The molecule has 0 aromatic carbocycles. The summed E-state index contributed by atoms with van der Waals surface area (Å²) in [6.07, 6.45) is 0. The van der Waals surface area contributed by atoms with Gasteiger partial charge < -0.3 is 10.3 Å². The Balaban J connectivity index is 2.92. The van der Waals surface area contributed by atoms with Crippen molar-refractivity contribution in [2.24, 2.45) is 5.92 Å². The van der Waals surface area contributed by atoms with Gasteiger partial charge in [0.15, 0.2) is 0 Å². The second kappa shape index (κ2) is 5.47. The zero-order valence-electron chi connectivity index (χ0n) is 9.56. The quantitative estimate of drug-likeness (QED) is 0.826. The summed E-state index contributed by atoms with van der Waals surface area (Å²) >= 11 is 2.09. The SMILES string of the molecule is Cc1[nH]c(=O)c(C(=O)NCC(C)C)cc1I. The summed E-state index contributed by atoms with van der Waals surface area (Å²) in [5.41, 5.74) is 0.626. The van der Waals surface area contributed by atoms with E-state index in [1.807, 2.05) is 13.8 Å². The van der Waals surface area contributed by atoms with Crippen LogP contribution in [0.4, 0.5) is 0 Å². The van der Waals surface area contributed by atoms with Gasteiger partial charge in [-0.1, -0.05) is 13.8 Å². The van der Waals surface area contributed by atoms with Crippen LogP contribution in [0.15, 0.2) is 10.9 Å². The fourth-order valence-corrected chi connectivity index (χ4v) is 1.60. The van der Waals surface area contributed by atoms with Gasteiger partial charge in [-0.15, -0.1) is 0 Å². The number of H-pyrrole nitrogens is 1. The summed E-state index contributed by atoms with van der Waals surface area (Å²) in [6.45, 7) is 6.38. The number of amides is 1. The van der Waals surface area contributed by atoms with Gasteiger partial charge in [0.1, 0.15) is 5.56 Å². The van der Waals surface area contributed by atoms with E-state index in [0.717, 1.165) is 9.26 Å². The summed E-state index contributed by atoms with van der Waals surface area (Å²) in [5.74, 6) is 0.0559. The van der Waals surface area contributed by atoms with Crippen LogP contribution in [0.25, 0.3) is 0 Å². The maximum atomic E-state index is 11.7. The molecule has 88 valence electrons. The number of pyridine rings is 1. The smallest absolute Gasteiger partial charge is 0.261 e. The van der Waals surface area contributed by atoms with E-state index in [0.29, 0.717) is 12.5 Å². The monoisotopic (exact) mass is 334 g/mol. The number of aryl methyl sites for hydroxylation is 1. The van der Waals surface area contributed by atoms with E-state index in [9.17, 15) is 9.59 Å². The first-order valence-corrected chi connectivity index (χ1v) is 6.17. The van der Waals surface area contributed by atoms with Crippen LogP contribution < -0.4 is 10.9 Å². The van der Waals surface area contributed by atoms with Crippen molar-refractivity contribution in [1.82, 2.24) is 10.3 Å². The van der Waals surface area contributed by atoms with Crippen molar-refractivity contribution >= 4 is 28.5 Å². The van der Waals surface area contributed by atoms with Gasteiger partial charge in [0, 0.05) is 15.8 Å². The zero-order chi connectivity index (χ0) is 12.3. The molecule has 0 spiro atoms. The zero-order valence-corrected chi connectivity index (χ0v) is 11.7. The Morgan fingerprint density at radius 2 is 2.19 bits per heavy atom. The van der Waals surface area contributed by atoms with Crippen LogP contribution in [-0.4, -0.2) is 17.4 Å². The lowest BCUT2D eigenvalue weighted by molar-refractivity contribution is 0.0947. The van der Waals surface area contributed by atoms with Gasteiger partial charge in [0.05, 0.1) is 0 Å². The summed E-state index contributed by atoms with van der Waals surface area (Å²) in [5, 5.41) is 2.72. The molecule has 0 aliphatic rings. The Labute approximate surface area is 108 Å². The van der Waals surface area contributed by atoms with Crippen molar-refractivity contribution in [2.45, 2.75) is 20.8 Å². The highest BCUT2D eigenvalue weighted by molar-refractivity contribution is 14.1. The maximum Gasteiger partial charge on any atom is 0.261 e. The number of hydrogen-bond donors (Lipinski definition) is 2. The minimum absolute atomic E-state index is 0.177. The molecule has 0 fully saturated rings. The normalized spacial score (nSPS) is 10.6. The Hall–Kier alpha value is -0.850. The second-order valence-corrected chi connectivity index (χ2v) is 5.25. The fraction of sp³-hybridized carbons (Fsp3) is 0.455. The largest absolute Gasteiger partial charge is 0.352 e. The standard InChI is InChI=1S/C11H15IN2O2/c1-6(2)5-13-10(15)8-4-9(12)7(3)14-11(8)16/h4,6H,5H2,1-3H3,(H,13,15)(H,14,16). The molecular weight excluding hydrogens is 319 g/mol. The molecule has 1 aromatic rings. The van der Waals surface area contributed by atoms with Gasteiger partial charge in [-0.25, -0.2) is 0 Å². The molecule has 0 bridgehead atoms. The van der Waals surface area contributed by atoms with Gasteiger partial charge in [0.2, 0.25) is 0 Å². The van der Waals surface area contributed by atoms with Crippen LogP contribution in [0.1, 0.15) is 29.9 Å². The number of aromatic amines is 1. The van der Waals surface area contributed by atoms with Crippen LogP contribution in [0, 0.1) is 16.4 Å². The molecule has 0 atom stereocenters. The molecule has 1 rings (SSSR count). The molecule has 0 radical (unpaired) electrons. The lowest BCUT2D eigenvalue weighted by Gasteiger charge is -2.07. The van der Waals surface area contributed by atoms with E-state index in [1.54, 1.807) is 13.0 Å². The third kappa shape index (κ3) is 3.33. The maximum absolute atomic E-state index is 11.7. The van der Waals surface area contributed by atoms with Gasteiger partial charge in [-0.2, -0.15) is 0 Å². The molecule has 16 heavy (non-hydrogen) atoms. The lowest BCUT2D eigenvalue weighted by Crippen LogP contribution is -2.32. The minimum Gasteiger partial charge on any atom is -0.352 e. The Bertz CT molecular complexity index is 452. The average molecular weight is 334 g/mol. The number of nitrogens with one attached hydrogen (secondary N) is 2. The molecule has 0 aliphatic carbocycles. The van der Waals surface area contributed by atoms with Crippen molar-refractivity contribution in [3.63, 3.8) is 0 Å². The molecule has 2 N–H and O–H groups in total. The molecule has 4 nitrogen and oxygen atoms in total. The molecular formula is C11H15IN2O2. The van der Waals surface area contributed by atoms with Crippen molar-refractivity contribution in [1.29, 1.82) is 0 Å². The number of halogens is 1. The first-order chi connectivity index (χ1) is 7.41. The number of rotatable bonds is 3. The van der Waals surface area contributed by atoms with Crippen molar-refractivity contribution in [3.05, 3.63) is 31.2 Å². The van der Waals surface area contributed by atoms with Gasteiger partial charge >= 0.3 is 0 Å². The highest BCUT2D eigenvalue weighted by Crippen LogP contribution is 2.07.